The first-order valence-corrected chi connectivity index (χ1v) is 4.55. The average molecular weight is 197 g/mol. The minimum Gasteiger partial charge on any atom is -0.298 e. The molecule has 1 unspecified atom stereocenters. The highest BCUT2D eigenvalue weighted by Gasteiger charge is 2.38. The molecular weight excluding hydrogens is 186 g/mol. The molecule has 12 heavy (non-hydrogen) atoms. The number of carbonyl (C=O) groups excluding carboxylic acids is 1. The molecule has 0 aromatic heterocycles. The van der Waals surface area contributed by atoms with Crippen LogP contribution in [0.1, 0.15) is 25.7 Å². The predicted octanol–water partition coefficient (Wildman–Crippen LogP) is 2.62. The Morgan fingerprint density at radius 2 is 2.25 bits per heavy atom. The van der Waals surface area contributed by atoms with Crippen LogP contribution in [0, 0.1) is 5.92 Å². The summed E-state index contributed by atoms with van der Waals surface area (Å²) in [5, 5.41) is 0. The van der Waals surface area contributed by atoms with E-state index in [-0.39, 0.29) is 24.5 Å². The molecule has 0 aromatic carbocycles. The van der Waals surface area contributed by atoms with Crippen molar-refractivity contribution in [2.24, 2.45) is 5.92 Å². The van der Waals surface area contributed by atoms with Crippen molar-refractivity contribution < 1.29 is 13.6 Å². The average Bonchev–Trinajstić information content (AvgIpc) is 2.01. The molecule has 1 fully saturated rings. The fraction of sp³-hybridized carbons (Fsp3) is 0.875. The summed E-state index contributed by atoms with van der Waals surface area (Å²) in [7, 11) is 0. The molecule has 0 heterocycles. The normalized spacial score (nSPS) is 28.4. The number of hydrogen-bond donors (Lipinski definition) is 0. The van der Waals surface area contributed by atoms with Crippen molar-refractivity contribution in [1.29, 1.82) is 0 Å². The van der Waals surface area contributed by atoms with Gasteiger partial charge in [-0.1, -0.05) is 0 Å². The van der Waals surface area contributed by atoms with E-state index in [0.717, 1.165) is 0 Å². The van der Waals surface area contributed by atoms with E-state index < -0.39 is 11.8 Å². The zero-order valence-electron chi connectivity index (χ0n) is 6.66. The summed E-state index contributed by atoms with van der Waals surface area (Å²) in [5.41, 5.74) is 0. The van der Waals surface area contributed by atoms with Crippen LogP contribution in [0.4, 0.5) is 8.78 Å². The van der Waals surface area contributed by atoms with E-state index in [1.165, 1.54) is 0 Å². The zero-order valence-corrected chi connectivity index (χ0v) is 7.41. The van der Waals surface area contributed by atoms with Crippen molar-refractivity contribution in [2.45, 2.75) is 31.6 Å². The number of rotatable bonds is 2. The van der Waals surface area contributed by atoms with Gasteiger partial charge in [-0.2, -0.15) is 0 Å². The van der Waals surface area contributed by atoms with E-state index in [1.807, 2.05) is 0 Å². The molecule has 4 heteroatoms. The first-order chi connectivity index (χ1) is 5.55. The van der Waals surface area contributed by atoms with Gasteiger partial charge in [-0.3, -0.25) is 4.79 Å². The van der Waals surface area contributed by atoms with Crippen molar-refractivity contribution >= 4 is 17.4 Å². The van der Waals surface area contributed by atoms with E-state index in [9.17, 15) is 13.6 Å². The predicted molar refractivity (Wildman–Crippen MR) is 42.6 cm³/mol. The van der Waals surface area contributed by atoms with Gasteiger partial charge in [-0.25, -0.2) is 8.78 Å². The van der Waals surface area contributed by atoms with Gasteiger partial charge in [0.05, 0.1) is 5.88 Å². The number of hydrogen-bond acceptors (Lipinski definition) is 1. The molecule has 0 amide bonds. The van der Waals surface area contributed by atoms with Gasteiger partial charge >= 0.3 is 0 Å². The van der Waals surface area contributed by atoms with Gasteiger partial charge < -0.3 is 0 Å². The molecule has 0 saturated heterocycles. The molecule has 0 aromatic rings. The molecular formula is C8H11ClF2O. The highest BCUT2D eigenvalue weighted by atomic mass is 35.5. The third-order valence-corrected chi connectivity index (χ3v) is 2.49. The van der Waals surface area contributed by atoms with E-state index in [0.29, 0.717) is 12.8 Å². The molecule has 1 aliphatic rings. The Labute approximate surface area is 75.1 Å². The van der Waals surface area contributed by atoms with Gasteiger partial charge in [0.25, 0.3) is 0 Å². The smallest absolute Gasteiger partial charge is 0.248 e. The third kappa shape index (κ3) is 2.41. The zero-order chi connectivity index (χ0) is 9.19. The first kappa shape index (κ1) is 9.90. The van der Waals surface area contributed by atoms with Gasteiger partial charge in [0, 0.05) is 18.8 Å². The lowest BCUT2D eigenvalue weighted by Crippen LogP contribution is -2.31. The Kier molecular flexibility index (Phi) is 3.04. The number of alkyl halides is 3. The van der Waals surface area contributed by atoms with Crippen molar-refractivity contribution in [2.75, 3.05) is 5.88 Å². The van der Waals surface area contributed by atoms with Crippen LogP contribution >= 0.6 is 11.6 Å². The van der Waals surface area contributed by atoms with Crippen LogP contribution in [-0.4, -0.2) is 17.6 Å². The van der Waals surface area contributed by atoms with E-state index in [1.54, 1.807) is 0 Å². The maximum absolute atomic E-state index is 12.8. The summed E-state index contributed by atoms with van der Waals surface area (Å²) < 4.78 is 25.5. The van der Waals surface area contributed by atoms with Crippen molar-refractivity contribution in [3.05, 3.63) is 0 Å². The van der Waals surface area contributed by atoms with Gasteiger partial charge in [0.1, 0.15) is 0 Å². The summed E-state index contributed by atoms with van der Waals surface area (Å²) in [5.74, 6) is -3.53. The maximum Gasteiger partial charge on any atom is 0.248 e. The Bertz CT molecular complexity index is 182. The number of Topliss-reactive ketones (excluding diaryl/α,β-unsaturated/α-hetero) is 1. The van der Waals surface area contributed by atoms with Crippen LogP contribution in [0.3, 0.4) is 0 Å². The molecule has 1 aliphatic carbocycles. The molecule has 0 radical (unpaired) electrons. The van der Waals surface area contributed by atoms with Gasteiger partial charge in [-0.15, -0.1) is 11.6 Å². The van der Waals surface area contributed by atoms with E-state index in [2.05, 4.69) is 0 Å². The Hall–Kier alpha value is -0.180. The molecule has 1 nitrogen and oxygen atoms in total. The monoisotopic (exact) mass is 196 g/mol. The van der Waals surface area contributed by atoms with Crippen LogP contribution in [0.25, 0.3) is 0 Å². The van der Waals surface area contributed by atoms with Gasteiger partial charge in [0.2, 0.25) is 5.92 Å². The van der Waals surface area contributed by atoms with Crippen molar-refractivity contribution in [3.8, 4) is 0 Å². The lowest BCUT2D eigenvalue weighted by atomic mass is 9.84. The fourth-order valence-corrected chi connectivity index (χ4v) is 1.77. The topological polar surface area (TPSA) is 17.1 Å². The summed E-state index contributed by atoms with van der Waals surface area (Å²) in [6.07, 6.45) is 0.610. The lowest BCUT2D eigenvalue weighted by molar-refractivity contribution is -0.127. The molecule has 0 N–H and O–H groups in total. The van der Waals surface area contributed by atoms with Gasteiger partial charge in [-0.05, 0) is 12.8 Å². The second kappa shape index (κ2) is 3.69. The second-order valence-electron chi connectivity index (χ2n) is 3.25. The van der Waals surface area contributed by atoms with Crippen LogP contribution < -0.4 is 0 Å². The molecule has 0 aliphatic heterocycles. The second-order valence-corrected chi connectivity index (χ2v) is 3.52. The summed E-state index contributed by atoms with van der Waals surface area (Å²) in [6.45, 7) is 0. The van der Waals surface area contributed by atoms with Crippen molar-refractivity contribution in [3.63, 3.8) is 0 Å². The molecule has 1 rings (SSSR count). The molecule has 0 bridgehead atoms. The van der Waals surface area contributed by atoms with Crippen LogP contribution in [0.2, 0.25) is 0 Å². The van der Waals surface area contributed by atoms with E-state index in [4.69, 9.17) is 11.6 Å². The van der Waals surface area contributed by atoms with Crippen molar-refractivity contribution in [1.82, 2.24) is 0 Å². The Balaban J connectivity index is 2.52. The minimum absolute atomic E-state index is 0.0843. The standard InChI is InChI=1S/C8H11ClF2O/c9-5-7(12)6-2-1-3-8(10,11)4-6/h6H,1-5H2. The largest absolute Gasteiger partial charge is 0.298 e. The highest BCUT2D eigenvalue weighted by molar-refractivity contribution is 6.27. The number of ketones is 1. The van der Waals surface area contributed by atoms with E-state index >= 15 is 0 Å². The maximum atomic E-state index is 12.8. The van der Waals surface area contributed by atoms with Gasteiger partial charge in [0.15, 0.2) is 5.78 Å². The highest BCUT2D eigenvalue weighted by Crippen LogP contribution is 2.36. The summed E-state index contributed by atoms with van der Waals surface area (Å²) in [4.78, 5) is 11.0. The number of halogens is 3. The molecule has 0 spiro atoms. The molecule has 1 atom stereocenters. The fourth-order valence-electron chi connectivity index (χ4n) is 1.56. The Morgan fingerprint density at radius 3 is 2.75 bits per heavy atom. The SMILES string of the molecule is O=C(CCl)C1CCCC(F)(F)C1. The van der Waals surface area contributed by atoms with Crippen LogP contribution in [-0.2, 0) is 4.79 Å². The quantitative estimate of drug-likeness (QED) is 0.621. The van der Waals surface area contributed by atoms with Crippen LogP contribution in [0.15, 0.2) is 0 Å². The Morgan fingerprint density at radius 1 is 1.58 bits per heavy atom. The minimum atomic E-state index is -2.65. The summed E-state index contributed by atoms with van der Waals surface area (Å²) in [6, 6.07) is 0. The first-order valence-electron chi connectivity index (χ1n) is 4.02. The lowest BCUT2D eigenvalue weighted by Gasteiger charge is -2.27. The van der Waals surface area contributed by atoms with Crippen LogP contribution in [0.5, 0.6) is 0 Å². The molecule has 70 valence electrons. The summed E-state index contributed by atoms with van der Waals surface area (Å²) >= 11 is 5.28. The number of carbonyl (C=O) groups is 1. The third-order valence-electron chi connectivity index (χ3n) is 2.23. The molecule has 1 saturated carbocycles.